The van der Waals surface area contributed by atoms with Gasteiger partial charge in [0.1, 0.15) is 0 Å². The molecule has 1 spiro atoms. The molecular weight excluding hydrogens is 236 g/mol. The lowest BCUT2D eigenvalue weighted by molar-refractivity contribution is 0.172. The first-order chi connectivity index (χ1) is 9.17. The maximum absolute atomic E-state index is 4.63. The van der Waals surface area contributed by atoms with Gasteiger partial charge in [0.15, 0.2) is 0 Å². The molecule has 1 atom stereocenters. The molecule has 104 valence electrons. The van der Waals surface area contributed by atoms with Crippen LogP contribution < -0.4 is 10.2 Å². The minimum Gasteiger partial charge on any atom is -0.340 e. The van der Waals surface area contributed by atoms with Gasteiger partial charge in [0, 0.05) is 36.4 Å². The van der Waals surface area contributed by atoms with Crippen molar-refractivity contribution in [2.75, 3.05) is 31.1 Å². The number of aromatic nitrogens is 2. The maximum atomic E-state index is 4.63. The van der Waals surface area contributed by atoms with E-state index in [1.165, 1.54) is 32.2 Å². The van der Waals surface area contributed by atoms with E-state index in [-0.39, 0.29) is 0 Å². The predicted molar refractivity (Wildman–Crippen MR) is 77.5 cm³/mol. The average molecular weight is 260 g/mol. The van der Waals surface area contributed by atoms with Crippen LogP contribution in [-0.4, -0.2) is 36.1 Å². The lowest BCUT2D eigenvalue weighted by atomic mass is 9.74. The normalized spacial score (nSPS) is 27.8. The molecule has 4 nitrogen and oxygen atoms in total. The van der Waals surface area contributed by atoms with E-state index in [1.54, 1.807) is 0 Å². The minimum atomic E-state index is 0.456. The van der Waals surface area contributed by atoms with Crippen molar-refractivity contribution in [2.24, 2.45) is 5.41 Å². The zero-order valence-corrected chi connectivity index (χ0v) is 12.1. The van der Waals surface area contributed by atoms with E-state index in [2.05, 4.69) is 34.0 Å². The molecular formula is C15H24N4. The molecule has 4 heteroatoms. The zero-order chi connectivity index (χ0) is 13.3. The standard InChI is InChI=1S/C15H24N4/c1-12-9-13(2)18-14(17-12)19-8-4-6-15(11-19)5-3-7-16-10-15/h9,16H,3-8,10-11H2,1-2H3. The molecule has 1 aromatic heterocycles. The van der Waals surface area contributed by atoms with Crippen molar-refractivity contribution in [3.05, 3.63) is 17.5 Å². The summed E-state index contributed by atoms with van der Waals surface area (Å²) in [4.78, 5) is 11.7. The van der Waals surface area contributed by atoms with E-state index in [0.717, 1.165) is 37.0 Å². The van der Waals surface area contributed by atoms with Crippen molar-refractivity contribution in [3.63, 3.8) is 0 Å². The van der Waals surface area contributed by atoms with Crippen molar-refractivity contribution in [3.8, 4) is 0 Å². The monoisotopic (exact) mass is 260 g/mol. The van der Waals surface area contributed by atoms with Gasteiger partial charge >= 0.3 is 0 Å². The molecule has 0 aliphatic carbocycles. The average Bonchev–Trinajstić information content (AvgIpc) is 2.38. The van der Waals surface area contributed by atoms with Gasteiger partial charge in [-0.3, -0.25) is 0 Å². The van der Waals surface area contributed by atoms with Crippen LogP contribution in [0.5, 0.6) is 0 Å². The number of hydrogen-bond acceptors (Lipinski definition) is 4. The molecule has 2 aliphatic heterocycles. The summed E-state index contributed by atoms with van der Waals surface area (Å²) in [6.45, 7) is 8.67. The molecule has 1 N–H and O–H groups in total. The maximum Gasteiger partial charge on any atom is 0.225 e. The molecule has 1 aromatic rings. The molecule has 2 aliphatic rings. The van der Waals surface area contributed by atoms with E-state index in [9.17, 15) is 0 Å². The van der Waals surface area contributed by atoms with Crippen LogP contribution in [0.4, 0.5) is 5.95 Å². The molecule has 0 saturated carbocycles. The topological polar surface area (TPSA) is 41.1 Å². The zero-order valence-electron chi connectivity index (χ0n) is 12.1. The highest BCUT2D eigenvalue weighted by molar-refractivity contribution is 5.33. The van der Waals surface area contributed by atoms with Gasteiger partial charge in [-0.15, -0.1) is 0 Å². The van der Waals surface area contributed by atoms with Gasteiger partial charge < -0.3 is 10.2 Å². The van der Waals surface area contributed by atoms with Crippen molar-refractivity contribution in [2.45, 2.75) is 39.5 Å². The van der Waals surface area contributed by atoms with Crippen LogP contribution in [0, 0.1) is 19.3 Å². The molecule has 3 heterocycles. The molecule has 0 aromatic carbocycles. The van der Waals surface area contributed by atoms with Crippen LogP contribution in [0.3, 0.4) is 0 Å². The van der Waals surface area contributed by atoms with Crippen molar-refractivity contribution in [1.82, 2.24) is 15.3 Å². The number of rotatable bonds is 1. The second-order valence-electron chi connectivity index (χ2n) is 6.26. The molecule has 3 rings (SSSR count). The molecule has 0 radical (unpaired) electrons. The highest BCUT2D eigenvalue weighted by Crippen LogP contribution is 2.36. The fourth-order valence-electron chi connectivity index (χ4n) is 3.61. The number of piperidine rings is 2. The molecule has 2 saturated heterocycles. The smallest absolute Gasteiger partial charge is 0.225 e. The number of aryl methyl sites for hydroxylation is 2. The van der Waals surface area contributed by atoms with Crippen LogP contribution in [0.2, 0.25) is 0 Å². The number of nitrogens with one attached hydrogen (secondary N) is 1. The summed E-state index contributed by atoms with van der Waals surface area (Å²) in [7, 11) is 0. The molecule has 2 fully saturated rings. The van der Waals surface area contributed by atoms with E-state index < -0.39 is 0 Å². The van der Waals surface area contributed by atoms with Crippen molar-refractivity contribution < 1.29 is 0 Å². The molecule has 1 unspecified atom stereocenters. The second kappa shape index (κ2) is 5.08. The molecule has 0 amide bonds. The second-order valence-corrected chi connectivity index (χ2v) is 6.26. The fraction of sp³-hybridized carbons (Fsp3) is 0.733. The lowest BCUT2D eigenvalue weighted by Crippen LogP contribution is -2.51. The van der Waals surface area contributed by atoms with Crippen LogP contribution in [0.15, 0.2) is 6.07 Å². The Labute approximate surface area is 115 Å². The summed E-state index contributed by atoms with van der Waals surface area (Å²) in [6.07, 6.45) is 5.27. The Bertz CT molecular complexity index is 426. The summed E-state index contributed by atoms with van der Waals surface area (Å²) in [5.74, 6) is 0.933. The van der Waals surface area contributed by atoms with E-state index >= 15 is 0 Å². The molecule has 0 bridgehead atoms. The van der Waals surface area contributed by atoms with E-state index in [1.807, 2.05) is 6.07 Å². The number of hydrogen-bond donors (Lipinski definition) is 1. The van der Waals surface area contributed by atoms with Gasteiger partial charge in [0.25, 0.3) is 0 Å². The Hall–Kier alpha value is -1.16. The number of anilines is 1. The highest BCUT2D eigenvalue weighted by Gasteiger charge is 2.37. The first-order valence-electron chi connectivity index (χ1n) is 7.45. The van der Waals surface area contributed by atoms with Gasteiger partial charge in [-0.2, -0.15) is 0 Å². The predicted octanol–water partition coefficient (Wildman–Crippen LogP) is 2.06. The largest absolute Gasteiger partial charge is 0.340 e. The van der Waals surface area contributed by atoms with Crippen LogP contribution in [0.25, 0.3) is 0 Å². The summed E-state index contributed by atoms with van der Waals surface area (Å²) >= 11 is 0. The first-order valence-corrected chi connectivity index (χ1v) is 7.45. The third kappa shape index (κ3) is 2.73. The van der Waals surface area contributed by atoms with Crippen LogP contribution in [-0.2, 0) is 0 Å². The van der Waals surface area contributed by atoms with Gasteiger partial charge in [-0.1, -0.05) is 0 Å². The SMILES string of the molecule is Cc1cc(C)nc(N2CCCC3(CCCNC3)C2)n1. The minimum absolute atomic E-state index is 0.456. The van der Waals surface area contributed by atoms with Crippen molar-refractivity contribution in [1.29, 1.82) is 0 Å². The van der Waals surface area contributed by atoms with Crippen LogP contribution >= 0.6 is 0 Å². The van der Waals surface area contributed by atoms with Gasteiger partial charge in [-0.05, 0) is 52.1 Å². The quantitative estimate of drug-likeness (QED) is 0.839. The number of nitrogens with zero attached hydrogens (tertiary/aromatic N) is 3. The summed E-state index contributed by atoms with van der Waals surface area (Å²) in [5, 5.41) is 3.57. The summed E-state index contributed by atoms with van der Waals surface area (Å²) in [5.41, 5.74) is 2.60. The third-order valence-corrected chi connectivity index (χ3v) is 4.48. The van der Waals surface area contributed by atoms with E-state index in [4.69, 9.17) is 0 Å². The highest BCUT2D eigenvalue weighted by atomic mass is 15.3. The summed E-state index contributed by atoms with van der Waals surface area (Å²) < 4.78 is 0. The van der Waals surface area contributed by atoms with Gasteiger partial charge in [0.2, 0.25) is 5.95 Å². The Morgan fingerprint density at radius 1 is 1.16 bits per heavy atom. The van der Waals surface area contributed by atoms with Gasteiger partial charge in [-0.25, -0.2) is 9.97 Å². The summed E-state index contributed by atoms with van der Waals surface area (Å²) in [6, 6.07) is 2.05. The Morgan fingerprint density at radius 3 is 2.58 bits per heavy atom. The lowest BCUT2D eigenvalue weighted by Gasteiger charge is -2.45. The van der Waals surface area contributed by atoms with Gasteiger partial charge in [0.05, 0.1) is 0 Å². The fourth-order valence-corrected chi connectivity index (χ4v) is 3.61. The third-order valence-electron chi connectivity index (χ3n) is 4.48. The van der Waals surface area contributed by atoms with Crippen LogP contribution in [0.1, 0.15) is 37.1 Å². The Balaban J connectivity index is 1.80. The Kier molecular flexibility index (Phi) is 3.44. The van der Waals surface area contributed by atoms with Crippen molar-refractivity contribution >= 4 is 5.95 Å². The Morgan fingerprint density at radius 2 is 1.89 bits per heavy atom. The first kappa shape index (κ1) is 12.9. The molecule has 19 heavy (non-hydrogen) atoms. The van der Waals surface area contributed by atoms with E-state index in [0.29, 0.717) is 5.41 Å².